The molecule has 4 N–H and O–H groups in total. The molecule has 0 radical (unpaired) electrons. The molecule has 2 unspecified atom stereocenters. The number of aryl methyl sites for hydroxylation is 1. The number of nitrogens with zero attached hydrogens (tertiary/aromatic N) is 3. The third kappa shape index (κ3) is 3.68. The predicted octanol–water partition coefficient (Wildman–Crippen LogP) is 0.467. The molecule has 1 aliphatic rings. The monoisotopic (exact) mass is 421 g/mol. The van der Waals surface area contributed by atoms with Crippen LogP contribution in [0.25, 0.3) is 22.3 Å². The number of benzene rings is 1. The Morgan fingerprint density at radius 2 is 1.90 bits per heavy atom. The van der Waals surface area contributed by atoms with Crippen molar-refractivity contribution in [3.8, 4) is 16.9 Å². The fourth-order valence-electron chi connectivity index (χ4n) is 3.24. The maximum atomic E-state index is 10.1. The molecule has 29 heavy (non-hydrogen) atoms. The zero-order chi connectivity index (χ0) is 20.7. The van der Waals surface area contributed by atoms with E-state index < -0.39 is 37.3 Å². The molecule has 154 valence electrons. The quantitative estimate of drug-likeness (QED) is 0.478. The number of hydrogen-bond donors (Lipinski definition) is 4. The van der Waals surface area contributed by atoms with Crippen molar-refractivity contribution < 1.29 is 29.9 Å². The van der Waals surface area contributed by atoms with E-state index in [0.717, 1.165) is 22.3 Å². The summed E-state index contributed by atoms with van der Waals surface area (Å²) in [5.41, 5.74) is 3.12. The number of ether oxygens (including phenoxy) is 2. The first-order valence-electron chi connectivity index (χ1n) is 8.93. The van der Waals surface area contributed by atoms with Crippen LogP contribution in [0, 0.1) is 0 Å². The van der Waals surface area contributed by atoms with E-state index in [1.807, 2.05) is 17.7 Å². The summed E-state index contributed by atoms with van der Waals surface area (Å²) in [6.45, 7) is -0.541. The third-order valence-electron chi connectivity index (χ3n) is 4.91. The number of imidazole rings is 1. The molecule has 3 heterocycles. The van der Waals surface area contributed by atoms with Gasteiger partial charge in [0, 0.05) is 18.8 Å². The third-order valence-corrected chi connectivity index (χ3v) is 5.20. The molecule has 0 amide bonds. The van der Waals surface area contributed by atoms with Crippen LogP contribution >= 0.6 is 11.6 Å². The molecule has 0 saturated carbocycles. The number of halogens is 1. The summed E-state index contributed by atoms with van der Waals surface area (Å²) >= 11 is 6.34. The first kappa shape index (κ1) is 20.0. The van der Waals surface area contributed by atoms with E-state index in [4.69, 9.17) is 21.1 Å². The number of fused-ring (bicyclic) bond motifs is 1. The molecule has 0 spiro atoms. The number of aromatic nitrogens is 3. The van der Waals surface area contributed by atoms with Gasteiger partial charge in [0.2, 0.25) is 6.29 Å². The van der Waals surface area contributed by atoms with Crippen LogP contribution in [0.2, 0.25) is 5.02 Å². The van der Waals surface area contributed by atoms with Gasteiger partial charge in [-0.25, -0.2) is 9.97 Å². The highest BCUT2D eigenvalue weighted by atomic mass is 35.5. The van der Waals surface area contributed by atoms with Gasteiger partial charge < -0.3 is 34.5 Å². The van der Waals surface area contributed by atoms with Gasteiger partial charge in [-0.1, -0.05) is 17.7 Å². The number of pyridine rings is 1. The standard InChI is InChI=1S/C19H20ClN3O6/c1-23-8-22-12-5-10(6-21-18(12)23)9-2-3-13(11(20)4-9)28-19-17(27)16(26)15(25)14(7-24)29-19/h2-6,8,14-17,19,24-27H,7H2,1H3/t14?,15-,16+,17?,19+/m1/s1. The van der Waals surface area contributed by atoms with Crippen molar-refractivity contribution in [3.63, 3.8) is 0 Å². The lowest BCUT2D eigenvalue weighted by Crippen LogP contribution is -2.60. The summed E-state index contributed by atoms with van der Waals surface area (Å²) in [6.07, 6.45) is -3.46. The SMILES string of the molecule is Cn1cnc2cc(-c3ccc(O[C@H]4OC(CO)[C@@H](O)[C@H](O)C4O)c(Cl)c3)cnc21. The molecule has 1 saturated heterocycles. The maximum Gasteiger partial charge on any atom is 0.229 e. The molecule has 0 aliphatic carbocycles. The molecular weight excluding hydrogens is 402 g/mol. The van der Waals surface area contributed by atoms with E-state index in [-0.39, 0.29) is 10.8 Å². The van der Waals surface area contributed by atoms with E-state index in [1.54, 1.807) is 30.7 Å². The molecule has 9 nitrogen and oxygen atoms in total. The van der Waals surface area contributed by atoms with E-state index >= 15 is 0 Å². The zero-order valence-electron chi connectivity index (χ0n) is 15.4. The second-order valence-corrected chi connectivity index (χ2v) is 7.29. The lowest BCUT2D eigenvalue weighted by molar-refractivity contribution is -0.277. The largest absolute Gasteiger partial charge is 0.460 e. The van der Waals surface area contributed by atoms with E-state index in [9.17, 15) is 20.4 Å². The van der Waals surface area contributed by atoms with Gasteiger partial charge in [0.05, 0.1) is 18.0 Å². The van der Waals surface area contributed by atoms with Crippen LogP contribution in [0.4, 0.5) is 0 Å². The van der Waals surface area contributed by atoms with Crippen molar-refractivity contribution >= 4 is 22.8 Å². The van der Waals surface area contributed by atoms with E-state index in [2.05, 4.69) is 9.97 Å². The van der Waals surface area contributed by atoms with Crippen molar-refractivity contribution in [2.45, 2.75) is 30.7 Å². The van der Waals surface area contributed by atoms with Crippen molar-refractivity contribution in [1.82, 2.24) is 14.5 Å². The molecule has 2 aromatic heterocycles. The Kier molecular flexibility index (Phi) is 5.43. The summed E-state index contributed by atoms with van der Waals surface area (Å²) in [5, 5.41) is 39.4. The van der Waals surface area contributed by atoms with Gasteiger partial charge in [-0.15, -0.1) is 0 Å². The minimum Gasteiger partial charge on any atom is -0.460 e. The van der Waals surface area contributed by atoms with Gasteiger partial charge in [-0.05, 0) is 23.8 Å². The van der Waals surface area contributed by atoms with Gasteiger partial charge in [-0.3, -0.25) is 0 Å². The normalized spacial score (nSPS) is 27.3. The van der Waals surface area contributed by atoms with Crippen molar-refractivity contribution in [3.05, 3.63) is 41.8 Å². The van der Waals surface area contributed by atoms with Crippen LogP contribution in [0.5, 0.6) is 5.75 Å². The molecule has 5 atom stereocenters. The minimum atomic E-state index is -1.53. The topological polar surface area (TPSA) is 130 Å². The Balaban J connectivity index is 1.56. The highest BCUT2D eigenvalue weighted by Gasteiger charge is 2.44. The Bertz CT molecular complexity index is 1030. The second kappa shape index (κ2) is 7.86. The lowest BCUT2D eigenvalue weighted by Gasteiger charge is -2.39. The van der Waals surface area contributed by atoms with E-state index in [0.29, 0.717) is 0 Å². The van der Waals surface area contributed by atoms with Crippen molar-refractivity contribution in [2.75, 3.05) is 6.61 Å². The first-order valence-corrected chi connectivity index (χ1v) is 9.31. The smallest absolute Gasteiger partial charge is 0.229 e. The van der Waals surface area contributed by atoms with Gasteiger partial charge in [0.15, 0.2) is 5.65 Å². The average Bonchev–Trinajstić information content (AvgIpc) is 3.10. The number of aliphatic hydroxyl groups excluding tert-OH is 4. The lowest BCUT2D eigenvalue weighted by atomic mass is 9.99. The van der Waals surface area contributed by atoms with Crippen LogP contribution in [-0.4, -0.2) is 72.3 Å². The Hall–Kier alpha value is -2.27. The molecule has 1 fully saturated rings. The highest BCUT2D eigenvalue weighted by Crippen LogP contribution is 2.33. The summed E-state index contributed by atoms with van der Waals surface area (Å²) < 4.78 is 12.8. The van der Waals surface area contributed by atoms with Crippen LogP contribution in [0.3, 0.4) is 0 Å². The molecule has 0 bridgehead atoms. The van der Waals surface area contributed by atoms with Gasteiger partial charge >= 0.3 is 0 Å². The maximum absolute atomic E-state index is 10.1. The molecular formula is C19H20ClN3O6. The van der Waals surface area contributed by atoms with Gasteiger partial charge in [0.1, 0.15) is 35.7 Å². The molecule has 10 heteroatoms. The van der Waals surface area contributed by atoms with Gasteiger partial charge in [-0.2, -0.15) is 0 Å². The summed E-state index contributed by atoms with van der Waals surface area (Å²) in [7, 11) is 1.87. The highest BCUT2D eigenvalue weighted by molar-refractivity contribution is 6.32. The van der Waals surface area contributed by atoms with Crippen LogP contribution in [0.1, 0.15) is 0 Å². The molecule has 1 aromatic carbocycles. The Labute approximate surface area is 170 Å². The van der Waals surface area contributed by atoms with Crippen molar-refractivity contribution in [1.29, 1.82) is 0 Å². The number of rotatable bonds is 4. The Morgan fingerprint density at radius 3 is 2.62 bits per heavy atom. The average molecular weight is 422 g/mol. The van der Waals surface area contributed by atoms with E-state index in [1.165, 1.54) is 0 Å². The summed E-state index contributed by atoms with van der Waals surface area (Å²) in [6, 6.07) is 6.93. The van der Waals surface area contributed by atoms with Crippen LogP contribution in [-0.2, 0) is 11.8 Å². The fourth-order valence-corrected chi connectivity index (χ4v) is 3.46. The summed E-state index contributed by atoms with van der Waals surface area (Å²) in [4.78, 5) is 8.70. The minimum absolute atomic E-state index is 0.214. The number of aliphatic hydroxyl groups is 4. The first-order chi connectivity index (χ1) is 13.9. The van der Waals surface area contributed by atoms with Gasteiger partial charge in [0.25, 0.3) is 0 Å². The zero-order valence-corrected chi connectivity index (χ0v) is 16.1. The summed E-state index contributed by atoms with van der Waals surface area (Å²) in [5.74, 6) is 0.214. The molecule has 4 rings (SSSR count). The fraction of sp³-hybridized carbons (Fsp3) is 0.368. The second-order valence-electron chi connectivity index (χ2n) is 6.88. The van der Waals surface area contributed by atoms with Crippen LogP contribution in [0.15, 0.2) is 36.8 Å². The Morgan fingerprint density at radius 1 is 1.10 bits per heavy atom. The molecule has 1 aliphatic heterocycles. The predicted molar refractivity (Wildman–Crippen MR) is 103 cm³/mol. The van der Waals surface area contributed by atoms with Crippen LogP contribution < -0.4 is 4.74 Å². The van der Waals surface area contributed by atoms with Crippen molar-refractivity contribution in [2.24, 2.45) is 7.05 Å². The number of hydrogen-bond acceptors (Lipinski definition) is 8. The molecule has 3 aromatic rings.